The minimum Gasteiger partial charge on any atom is -0.384 e. The van der Waals surface area contributed by atoms with Crippen molar-refractivity contribution in [3.63, 3.8) is 0 Å². The van der Waals surface area contributed by atoms with Gasteiger partial charge in [0.15, 0.2) is 0 Å². The summed E-state index contributed by atoms with van der Waals surface area (Å²) in [6.07, 6.45) is 0. The van der Waals surface area contributed by atoms with Gasteiger partial charge in [-0.15, -0.1) is 0 Å². The summed E-state index contributed by atoms with van der Waals surface area (Å²) in [4.78, 5) is 14.1. The summed E-state index contributed by atoms with van der Waals surface area (Å²) in [6.45, 7) is 1.83. The molecule has 1 aromatic heterocycles. The molecule has 0 amide bonds. The first kappa shape index (κ1) is 13.7. The van der Waals surface area contributed by atoms with Crippen LogP contribution in [-0.4, -0.2) is 4.98 Å². The predicted octanol–water partition coefficient (Wildman–Crippen LogP) is 2.33. The second-order valence-corrected chi connectivity index (χ2v) is 4.59. The average Bonchev–Trinajstić information content (AvgIpc) is 2.41. The number of aryl methyl sites for hydroxylation is 1. The quantitative estimate of drug-likeness (QED) is 0.838. The second kappa shape index (κ2) is 5.08. The molecule has 1 heterocycles. The van der Waals surface area contributed by atoms with Crippen molar-refractivity contribution in [2.24, 2.45) is 0 Å². The third-order valence-electron chi connectivity index (χ3n) is 2.93. The third-order valence-corrected chi connectivity index (χ3v) is 3.34. The minimum absolute atomic E-state index is 0.0565. The van der Waals surface area contributed by atoms with Gasteiger partial charge < -0.3 is 10.7 Å². The molecule has 0 aliphatic rings. The van der Waals surface area contributed by atoms with E-state index in [1.54, 1.807) is 24.3 Å². The number of halogens is 1. The molecule has 98 valence electrons. The first-order valence-corrected chi connectivity index (χ1v) is 5.99. The van der Waals surface area contributed by atoms with Crippen LogP contribution in [0.15, 0.2) is 23.0 Å². The van der Waals surface area contributed by atoms with E-state index in [4.69, 9.17) is 22.6 Å². The Morgan fingerprint density at radius 2 is 1.90 bits per heavy atom. The lowest BCUT2D eigenvalue weighted by molar-refractivity contribution is 1.21. The number of hydrogen-bond donors (Lipinski definition) is 2. The van der Waals surface area contributed by atoms with E-state index in [0.29, 0.717) is 10.6 Å². The number of nitrogens with two attached hydrogens (primary N) is 1. The lowest BCUT2D eigenvalue weighted by Crippen LogP contribution is -2.16. The lowest BCUT2D eigenvalue weighted by atomic mass is 9.96. The molecular weight excluding hydrogens is 276 g/mol. The van der Waals surface area contributed by atoms with Crippen LogP contribution < -0.4 is 11.3 Å². The summed E-state index contributed by atoms with van der Waals surface area (Å²) in [5, 5.41) is 18.8. The van der Waals surface area contributed by atoms with E-state index >= 15 is 0 Å². The molecule has 0 bridgehead atoms. The van der Waals surface area contributed by atoms with Gasteiger partial charge in [0.25, 0.3) is 5.56 Å². The highest BCUT2D eigenvalue weighted by atomic mass is 35.5. The number of hydrogen-bond acceptors (Lipinski definition) is 4. The maximum atomic E-state index is 11.8. The van der Waals surface area contributed by atoms with E-state index in [1.165, 1.54) is 0 Å². The maximum absolute atomic E-state index is 11.8. The van der Waals surface area contributed by atoms with Crippen LogP contribution in [0.4, 0.5) is 5.82 Å². The van der Waals surface area contributed by atoms with E-state index in [9.17, 15) is 10.1 Å². The number of pyridine rings is 1. The fraction of sp³-hybridized carbons (Fsp3) is 0.0714. The highest BCUT2D eigenvalue weighted by molar-refractivity contribution is 6.31. The fourth-order valence-electron chi connectivity index (χ4n) is 1.88. The van der Waals surface area contributed by atoms with Gasteiger partial charge in [0.05, 0.1) is 0 Å². The molecule has 6 heteroatoms. The molecule has 0 aliphatic carbocycles. The summed E-state index contributed by atoms with van der Waals surface area (Å²) in [6, 6.07) is 8.76. The Bertz CT molecular complexity index is 840. The number of nitrogens with one attached hydrogen (secondary N) is 1. The van der Waals surface area contributed by atoms with Gasteiger partial charge in [0, 0.05) is 10.6 Å². The molecular formula is C14H9ClN4O. The Morgan fingerprint density at radius 1 is 1.25 bits per heavy atom. The van der Waals surface area contributed by atoms with Gasteiger partial charge in [-0.3, -0.25) is 4.79 Å². The molecule has 0 radical (unpaired) electrons. The molecule has 0 saturated carbocycles. The van der Waals surface area contributed by atoms with Gasteiger partial charge in [-0.2, -0.15) is 10.5 Å². The zero-order valence-electron chi connectivity index (χ0n) is 10.5. The Labute approximate surface area is 119 Å². The molecule has 0 fully saturated rings. The SMILES string of the molecule is Cc1ccc(-c2c(C#N)c(N)[nH]c(=O)c2C#N)cc1Cl. The minimum atomic E-state index is -0.629. The molecule has 0 aliphatic heterocycles. The lowest BCUT2D eigenvalue weighted by Gasteiger charge is -2.09. The molecule has 2 rings (SSSR count). The smallest absolute Gasteiger partial charge is 0.268 e. The summed E-state index contributed by atoms with van der Waals surface area (Å²) in [5.74, 6) is -0.0665. The van der Waals surface area contributed by atoms with Crippen LogP contribution >= 0.6 is 11.6 Å². The van der Waals surface area contributed by atoms with E-state index in [-0.39, 0.29) is 22.5 Å². The Hall–Kier alpha value is -2.76. The van der Waals surface area contributed by atoms with Crippen molar-refractivity contribution >= 4 is 17.4 Å². The van der Waals surface area contributed by atoms with Crippen LogP contribution in [0.1, 0.15) is 16.7 Å². The van der Waals surface area contributed by atoms with Crippen LogP contribution in [0.25, 0.3) is 11.1 Å². The summed E-state index contributed by atoms with van der Waals surface area (Å²) >= 11 is 6.05. The van der Waals surface area contributed by atoms with E-state index in [1.807, 2.05) is 13.0 Å². The zero-order chi connectivity index (χ0) is 14.9. The highest BCUT2D eigenvalue weighted by Crippen LogP contribution is 2.30. The molecule has 20 heavy (non-hydrogen) atoms. The fourth-order valence-corrected chi connectivity index (χ4v) is 2.06. The van der Waals surface area contributed by atoms with Gasteiger partial charge >= 0.3 is 0 Å². The largest absolute Gasteiger partial charge is 0.384 e. The van der Waals surface area contributed by atoms with E-state index in [0.717, 1.165) is 5.56 Å². The van der Waals surface area contributed by atoms with Crippen molar-refractivity contribution in [3.05, 3.63) is 50.3 Å². The Morgan fingerprint density at radius 3 is 2.45 bits per heavy atom. The monoisotopic (exact) mass is 284 g/mol. The van der Waals surface area contributed by atoms with Crippen molar-refractivity contribution < 1.29 is 0 Å². The normalized spacial score (nSPS) is 9.80. The van der Waals surface area contributed by atoms with Crippen molar-refractivity contribution in [1.29, 1.82) is 10.5 Å². The van der Waals surface area contributed by atoms with Crippen molar-refractivity contribution in [1.82, 2.24) is 4.98 Å². The number of anilines is 1. The Balaban J connectivity index is 2.92. The summed E-state index contributed by atoms with van der Waals surface area (Å²) in [5.41, 5.74) is 6.48. The number of benzene rings is 1. The average molecular weight is 285 g/mol. The molecule has 0 spiro atoms. The second-order valence-electron chi connectivity index (χ2n) is 4.18. The van der Waals surface area contributed by atoms with Crippen LogP contribution in [-0.2, 0) is 0 Å². The summed E-state index contributed by atoms with van der Waals surface area (Å²) in [7, 11) is 0. The number of nitrogens with zero attached hydrogens (tertiary/aromatic N) is 2. The number of nitriles is 2. The number of aromatic amines is 1. The Kier molecular flexibility index (Phi) is 3.47. The van der Waals surface area contributed by atoms with E-state index in [2.05, 4.69) is 4.98 Å². The van der Waals surface area contributed by atoms with Crippen molar-refractivity contribution in [3.8, 4) is 23.3 Å². The van der Waals surface area contributed by atoms with Crippen LogP contribution in [0.3, 0.4) is 0 Å². The molecule has 0 unspecified atom stereocenters. The molecule has 1 aromatic carbocycles. The third kappa shape index (κ3) is 2.11. The van der Waals surface area contributed by atoms with Crippen molar-refractivity contribution in [2.75, 3.05) is 5.73 Å². The van der Waals surface area contributed by atoms with Crippen LogP contribution in [0.5, 0.6) is 0 Å². The van der Waals surface area contributed by atoms with Crippen LogP contribution in [0, 0.1) is 29.6 Å². The van der Waals surface area contributed by atoms with Gasteiger partial charge in [-0.1, -0.05) is 23.7 Å². The molecule has 0 atom stereocenters. The number of H-pyrrole nitrogens is 1. The predicted molar refractivity (Wildman–Crippen MR) is 76.1 cm³/mol. The number of rotatable bonds is 1. The summed E-state index contributed by atoms with van der Waals surface area (Å²) < 4.78 is 0. The van der Waals surface area contributed by atoms with Crippen molar-refractivity contribution in [2.45, 2.75) is 6.92 Å². The van der Waals surface area contributed by atoms with Gasteiger partial charge in [-0.25, -0.2) is 0 Å². The topological polar surface area (TPSA) is 106 Å². The van der Waals surface area contributed by atoms with Gasteiger partial charge in [0.1, 0.15) is 29.1 Å². The number of nitrogen functional groups attached to an aromatic ring is 1. The molecule has 3 N–H and O–H groups in total. The highest BCUT2D eigenvalue weighted by Gasteiger charge is 2.18. The van der Waals surface area contributed by atoms with Gasteiger partial charge in [0.2, 0.25) is 0 Å². The molecule has 5 nitrogen and oxygen atoms in total. The molecule has 0 saturated heterocycles. The zero-order valence-corrected chi connectivity index (χ0v) is 11.2. The van der Waals surface area contributed by atoms with E-state index < -0.39 is 5.56 Å². The molecule has 2 aromatic rings. The maximum Gasteiger partial charge on any atom is 0.268 e. The first-order valence-electron chi connectivity index (χ1n) is 5.62. The standard InChI is InChI=1S/C14H9ClN4O/c1-7-2-3-8(4-11(7)15)12-9(5-16)13(18)19-14(20)10(12)6-17/h2-4H,1H3,(H3,18,19,20). The van der Waals surface area contributed by atoms with Crippen LogP contribution in [0.2, 0.25) is 5.02 Å². The first-order chi connectivity index (χ1) is 9.49. The number of aromatic nitrogens is 1. The van der Waals surface area contributed by atoms with Gasteiger partial charge in [-0.05, 0) is 24.1 Å².